The van der Waals surface area contributed by atoms with Gasteiger partial charge in [0.15, 0.2) is 11.5 Å². The number of amides is 1. The van der Waals surface area contributed by atoms with E-state index in [-0.39, 0.29) is 17.2 Å². The molecule has 1 aliphatic rings. The van der Waals surface area contributed by atoms with Crippen LogP contribution in [0.3, 0.4) is 0 Å². The molecule has 2 aromatic carbocycles. The Hall–Kier alpha value is -2.74. The standard InChI is InChI=1S/C18H20N2O5S/c1-26(22,23)20-15-5-3-2-4-14(15)18(21)19-9-8-13-6-7-16-17(12-13)25-11-10-24-16/h2-7,12,20H,8-11H2,1H3,(H,19,21). The summed E-state index contributed by atoms with van der Waals surface area (Å²) in [5.74, 6) is 1.10. The van der Waals surface area contributed by atoms with Gasteiger partial charge in [-0.3, -0.25) is 9.52 Å². The van der Waals surface area contributed by atoms with Crippen LogP contribution in [0.15, 0.2) is 42.5 Å². The molecular formula is C18H20N2O5S. The molecule has 2 aromatic rings. The molecule has 0 fully saturated rings. The number of fused-ring (bicyclic) bond motifs is 1. The zero-order valence-corrected chi connectivity index (χ0v) is 15.1. The quantitative estimate of drug-likeness (QED) is 0.802. The van der Waals surface area contributed by atoms with Gasteiger partial charge in [0.1, 0.15) is 13.2 Å². The van der Waals surface area contributed by atoms with Crippen LogP contribution in [0.2, 0.25) is 0 Å². The van der Waals surface area contributed by atoms with Gasteiger partial charge in [0, 0.05) is 6.54 Å². The summed E-state index contributed by atoms with van der Waals surface area (Å²) in [6.07, 6.45) is 1.66. The van der Waals surface area contributed by atoms with E-state index in [1.807, 2.05) is 18.2 Å². The smallest absolute Gasteiger partial charge is 0.253 e. The Labute approximate surface area is 152 Å². The number of benzene rings is 2. The largest absolute Gasteiger partial charge is 0.486 e. The Balaban J connectivity index is 1.61. The van der Waals surface area contributed by atoms with Gasteiger partial charge >= 0.3 is 0 Å². The predicted molar refractivity (Wildman–Crippen MR) is 98.4 cm³/mol. The number of rotatable bonds is 6. The molecule has 2 N–H and O–H groups in total. The minimum absolute atomic E-state index is 0.256. The summed E-state index contributed by atoms with van der Waals surface area (Å²) in [7, 11) is -3.46. The zero-order valence-electron chi connectivity index (χ0n) is 14.3. The highest BCUT2D eigenvalue weighted by molar-refractivity contribution is 7.92. The number of hydrogen-bond acceptors (Lipinski definition) is 5. The van der Waals surface area contributed by atoms with Crippen LogP contribution in [-0.4, -0.2) is 40.3 Å². The number of nitrogens with one attached hydrogen (secondary N) is 2. The number of anilines is 1. The average molecular weight is 376 g/mol. The van der Waals surface area contributed by atoms with Crippen molar-refractivity contribution in [2.24, 2.45) is 0 Å². The summed E-state index contributed by atoms with van der Waals surface area (Å²) >= 11 is 0. The van der Waals surface area contributed by atoms with Crippen LogP contribution < -0.4 is 19.5 Å². The number of sulfonamides is 1. The molecule has 0 aromatic heterocycles. The van der Waals surface area contributed by atoms with Crippen molar-refractivity contribution < 1.29 is 22.7 Å². The third-order valence-electron chi connectivity index (χ3n) is 3.77. The predicted octanol–water partition coefficient (Wildman–Crippen LogP) is 1.80. The topological polar surface area (TPSA) is 93.7 Å². The average Bonchev–Trinajstić information content (AvgIpc) is 2.60. The van der Waals surface area contributed by atoms with Gasteiger partial charge in [-0.05, 0) is 36.2 Å². The molecule has 0 spiro atoms. The van der Waals surface area contributed by atoms with Crippen molar-refractivity contribution in [1.29, 1.82) is 0 Å². The van der Waals surface area contributed by atoms with Crippen molar-refractivity contribution in [3.63, 3.8) is 0 Å². The van der Waals surface area contributed by atoms with Gasteiger partial charge in [0.2, 0.25) is 10.0 Å². The molecule has 1 aliphatic heterocycles. The molecule has 0 radical (unpaired) electrons. The second kappa shape index (κ2) is 7.65. The molecule has 3 rings (SSSR count). The van der Waals surface area contributed by atoms with E-state index in [9.17, 15) is 13.2 Å². The molecule has 0 unspecified atom stereocenters. The fourth-order valence-electron chi connectivity index (χ4n) is 2.63. The maximum absolute atomic E-state index is 12.4. The Kier molecular flexibility index (Phi) is 5.32. The summed E-state index contributed by atoms with van der Waals surface area (Å²) in [5.41, 5.74) is 1.55. The summed E-state index contributed by atoms with van der Waals surface area (Å²) in [4.78, 5) is 12.4. The monoisotopic (exact) mass is 376 g/mol. The van der Waals surface area contributed by atoms with Crippen LogP contribution in [0.25, 0.3) is 0 Å². The molecule has 1 amide bonds. The van der Waals surface area contributed by atoms with E-state index in [4.69, 9.17) is 9.47 Å². The van der Waals surface area contributed by atoms with Crippen molar-refractivity contribution >= 4 is 21.6 Å². The van der Waals surface area contributed by atoms with Gasteiger partial charge in [0.05, 0.1) is 17.5 Å². The van der Waals surface area contributed by atoms with Crippen LogP contribution in [0, 0.1) is 0 Å². The molecule has 138 valence electrons. The highest BCUT2D eigenvalue weighted by atomic mass is 32.2. The van der Waals surface area contributed by atoms with E-state index >= 15 is 0 Å². The minimum atomic E-state index is -3.46. The van der Waals surface area contributed by atoms with Crippen LogP contribution in [0.4, 0.5) is 5.69 Å². The third-order valence-corrected chi connectivity index (χ3v) is 4.36. The molecular weight excluding hydrogens is 356 g/mol. The summed E-state index contributed by atoms with van der Waals surface area (Å²) in [5, 5.41) is 2.81. The van der Waals surface area contributed by atoms with E-state index in [0.29, 0.717) is 31.9 Å². The molecule has 1 heterocycles. The van der Waals surface area contributed by atoms with Crippen LogP contribution in [0.5, 0.6) is 11.5 Å². The first kappa shape index (κ1) is 18.1. The van der Waals surface area contributed by atoms with E-state index in [1.165, 1.54) is 0 Å². The van der Waals surface area contributed by atoms with E-state index < -0.39 is 10.0 Å². The normalized spacial score (nSPS) is 13.1. The molecule has 7 nitrogen and oxygen atoms in total. The molecule has 0 atom stereocenters. The van der Waals surface area contributed by atoms with Crippen LogP contribution in [0.1, 0.15) is 15.9 Å². The molecule has 0 saturated carbocycles. The first-order valence-electron chi connectivity index (χ1n) is 8.16. The fourth-order valence-corrected chi connectivity index (χ4v) is 3.21. The lowest BCUT2D eigenvalue weighted by molar-refractivity contribution is 0.0955. The first-order chi connectivity index (χ1) is 12.4. The van der Waals surface area contributed by atoms with Gasteiger partial charge in [-0.15, -0.1) is 0 Å². The zero-order chi connectivity index (χ0) is 18.6. The van der Waals surface area contributed by atoms with Gasteiger partial charge in [-0.1, -0.05) is 18.2 Å². The van der Waals surface area contributed by atoms with Crippen molar-refractivity contribution in [3.05, 3.63) is 53.6 Å². The Bertz CT molecular complexity index is 912. The number of carbonyl (C=O) groups excluding carboxylic acids is 1. The Morgan fingerprint density at radius 1 is 1.08 bits per heavy atom. The summed E-state index contributed by atoms with van der Waals surface area (Å²) in [6, 6.07) is 12.2. The Morgan fingerprint density at radius 3 is 2.58 bits per heavy atom. The summed E-state index contributed by atoms with van der Waals surface area (Å²) < 4.78 is 36.2. The number of hydrogen-bond donors (Lipinski definition) is 2. The third kappa shape index (κ3) is 4.66. The lowest BCUT2D eigenvalue weighted by atomic mass is 10.1. The van der Waals surface area contributed by atoms with Gasteiger partial charge in [0.25, 0.3) is 5.91 Å². The lowest BCUT2D eigenvalue weighted by Gasteiger charge is -2.19. The number of carbonyl (C=O) groups is 1. The van der Waals surface area contributed by atoms with Crippen molar-refractivity contribution in [2.45, 2.75) is 6.42 Å². The minimum Gasteiger partial charge on any atom is -0.486 e. The number of ether oxygens (including phenoxy) is 2. The van der Waals surface area contributed by atoms with Crippen molar-refractivity contribution in [2.75, 3.05) is 30.7 Å². The van der Waals surface area contributed by atoms with Gasteiger partial charge in [-0.2, -0.15) is 0 Å². The second-order valence-electron chi connectivity index (χ2n) is 5.90. The van der Waals surface area contributed by atoms with Crippen molar-refractivity contribution in [3.8, 4) is 11.5 Å². The van der Waals surface area contributed by atoms with Gasteiger partial charge < -0.3 is 14.8 Å². The van der Waals surface area contributed by atoms with E-state index in [0.717, 1.165) is 17.6 Å². The lowest BCUT2D eigenvalue weighted by Crippen LogP contribution is -2.27. The van der Waals surface area contributed by atoms with E-state index in [1.54, 1.807) is 24.3 Å². The van der Waals surface area contributed by atoms with Crippen LogP contribution >= 0.6 is 0 Å². The van der Waals surface area contributed by atoms with Crippen molar-refractivity contribution in [1.82, 2.24) is 5.32 Å². The first-order valence-corrected chi connectivity index (χ1v) is 10.0. The molecule has 0 aliphatic carbocycles. The molecule has 0 bridgehead atoms. The number of para-hydroxylation sites is 1. The second-order valence-corrected chi connectivity index (χ2v) is 7.65. The fraction of sp³-hybridized carbons (Fsp3) is 0.278. The maximum Gasteiger partial charge on any atom is 0.253 e. The maximum atomic E-state index is 12.4. The molecule has 26 heavy (non-hydrogen) atoms. The molecule has 0 saturated heterocycles. The van der Waals surface area contributed by atoms with Gasteiger partial charge in [-0.25, -0.2) is 8.42 Å². The van der Waals surface area contributed by atoms with E-state index in [2.05, 4.69) is 10.0 Å². The molecule has 8 heteroatoms. The van der Waals surface area contributed by atoms with Crippen LogP contribution in [-0.2, 0) is 16.4 Å². The highest BCUT2D eigenvalue weighted by Gasteiger charge is 2.14. The SMILES string of the molecule is CS(=O)(=O)Nc1ccccc1C(=O)NCCc1ccc2c(c1)OCCO2. The highest BCUT2D eigenvalue weighted by Crippen LogP contribution is 2.30. The summed E-state index contributed by atoms with van der Waals surface area (Å²) in [6.45, 7) is 1.48. The Morgan fingerprint density at radius 2 is 1.81 bits per heavy atom.